The second kappa shape index (κ2) is 14.6. The average molecular weight is 615 g/mol. The number of amides is 5. The number of hydrogen-bond donors (Lipinski definition) is 2. The van der Waals surface area contributed by atoms with Crippen molar-refractivity contribution in [2.45, 2.75) is 38.1 Å². The van der Waals surface area contributed by atoms with Crippen molar-refractivity contribution >= 4 is 23.9 Å². The number of alkyl carbamates (subject to hydrolysis) is 1. The number of ether oxygens (including phenoxy) is 2. The maximum atomic E-state index is 14.6. The first kappa shape index (κ1) is 32.2. The monoisotopic (exact) mass is 614 g/mol. The van der Waals surface area contributed by atoms with E-state index >= 15 is 0 Å². The van der Waals surface area contributed by atoms with Crippen LogP contribution in [0.4, 0.5) is 18.4 Å². The zero-order valence-electron chi connectivity index (χ0n) is 24.6. The summed E-state index contributed by atoms with van der Waals surface area (Å²) in [5.41, 5.74) is 0.903. The van der Waals surface area contributed by atoms with Crippen LogP contribution < -0.4 is 15.4 Å². The van der Waals surface area contributed by atoms with Gasteiger partial charge in [-0.2, -0.15) is 0 Å². The molecule has 0 aliphatic carbocycles. The van der Waals surface area contributed by atoms with Crippen molar-refractivity contribution in [1.29, 1.82) is 0 Å². The maximum Gasteiger partial charge on any atom is 0.407 e. The number of nitrogens with zero attached hydrogens (tertiary/aromatic N) is 4. The standard InChI is InChI=1S/C30H36F2N6O6/c1-4-14-44-30(42)33-13-5-6-25-28(40)36(17-21-9-10-22(31)15-24(21)32)18-26-37(25)27(39)19-35(2)38(26)29(41)34-16-20-7-11-23(43-3)12-8-20/h4,7-12,15,25-26H,1,5-6,13-14,16-19H2,2-3H3,(H,33,42)(H,34,41). The Bertz CT molecular complexity index is 1380. The predicted molar refractivity (Wildman–Crippen MR) is 155 cm³/mol. The number of methoxy groups -OCH3 is 1. The number of rotatable bonds is 11. The lowest BCUT2D eigenvalue weighted by Crippen LogP contribution is -2.75. The molecule has 0 spiro atoms. The number of likely N-dealkylation sites (N-methyl/N-ethyl adjacent to an activating group) is 1. The average Bonchev–Trinajstić information content (AvgIpc) is 3.00. The number of piperazine rings is 1. The summed E-state index contributed by atoms with van der Waals surface area (Å²) in [4.78, 5) is 55.3. The number of benzene rings is 2. The molecule has 2 atom stereocenters. The van der Waals surface area contributed by atoms with Crippen LogP contribution in [-0.4, -0.2) is 96.4 Å². The van der Waals surface area contributed by atoms with Gasteiger partial charge in [0.25, 0.3) is 0 Å². The second-order valence-electron chi connectivity index (χ2n) is 10.4. The van der Waals surface area contributed by atoms with Gasteiger partial charge in [-0.05, 0) is 36.6 Å². The van der Waals surface area contributed by atoms with Gasteiger partial charge in [-0.3, -0.25) is 9.59 Å². The summed E-state index contributed by atoms with van der Waals surface area (Å²) in [6.45, 7) is 3.40. The fraction of sp³-hybridized carbons (Fsp3) is 0.400. The minimum absolute atomic E-state index is 0.0374. The van der Waals surface area contributed by atoms with E-state index in [-0.39, 0.29) is 57.2 Å². The number of carbonyl (C=O) groups excluding carboxylic acids is 4. The molecule has 2 aliphatic rings. The van der Waals surface area contributed by atoms with Crippen LogP contribution in [-0.2, 0) is 27.4 Å². The lowest BCUT2D eigenvalue weighted by atomic mass is 10.0. The van der Waals surface area contributed by atoms with E-state index in [2.05, 4.69) is 17.2 Å². The van der Waals surface area contributed by atoms with E-state index in [9.17, 15) is 28.0 Å². The molecule has 2 N–H and O–H groups in total. The molecule has 5 amide bonds. The maximum absolute atomic E-state index is 14.6. The third kappa shape index (κ3) is 7.61. The summed E-state index contributed by atoms with van der Waals surface area (Å²) in [6, 6.07) is 8.76. The highest BCUT2D eigenvalue weighted by Crippen LogP contribution is 2.29. The number of halogens is 2. The van der Waals surface area contributed by atoms with Crippen LogP contribution in [0.1, 0.15) is 24.0 Å². The molecule has 2 aromatic carbocycles. The summed E-state index contributed by atoms with van der Waals surface area (Å²) in [6.07, 6.45) is 0.317. The van der Waals surface area contributed by atoms with Gasteiger partial charge in [0, 0.05) is 38.3 Å². The number of fused-ring (bicyclic) bond motifs is 1. The lowest BCUT2D eigenvalue weighted by Gasteiger charge is -2.54. The highest BCUT2D eigenvalue weighted by Gasteiger charge is 2.50. The summed E-state index contributed by atoms with van der Waals surface area (Å²) < 4.78 is 38.3. The largest absolute Gasteiger partial charge is 0.497 e. The summed E-state index contributed by atoms with van der Waals surface area (Å²) in [7, 11) is 3.15. The van der Waals surface area contributed by atoms with Gasteiger partial charge in [0.1, 0.15) is 36.2 Å². The second-order valence-corrected chi connectivity index (χ2v) is 10.4. The van der Waals surface area contributed by atoms with Gasteiger partial charge in [0.15, 0.2) is 0 Å². The highest BCUT2D eigenvalue weighted by atomic mass is 19.1. The topological polar surface area (TPSA) is 124 Å². The Balaban J connectivity index is 1.55. The van der Waals surface area contributed by atoms with E-state index in [4.69, 9.17) is 9.47 Å². The van der Waals surface area contributed by atoms with Gasteiger partial charge in [0.05, 0.1) is 20.2 Å². The first-order chi connectivity index (χ1) is 21.1. The molecule has 2 saturated heterocycles. The number of urea groups is 1. The summed E-state index contributed by atoms with van der Waals surface area (Å²) in [5, 5.41) is 8.30. The molecule has 0 radical (unpaired) electrons. The van der Waals surface area contributed by atoms with Gasteiger partial charge < -0.3 is 29.9 Å². The van der Waals surface area contributed by atoms with Crippen LogP contribution >= 0.6 is 0 Å². The zero-order valence-corrected chi connectivity index (χ0v) is 24.6. The molecular weight excluding hydrogens is 578 g/mol. The Labute approximate surface area is 254 Å². The van der Waals surface area contributed by atoms with E-state index in [1.807, 2.05) is 12.1 Å². The Morgan fingerprint density at radius 1 is 1.11 bits per heavy atom. The van der Waals surface area contributed by atoms with Gasteiger partial charge in [-0.1, -0.05) is 30.9 Å². The van der Waals surface area contributed by atoms with Gasteiger partial charge in [0.2, 0.25) is 11.8 Å². The Morgan fingerprint density at radius 3 is 2.55 bits per heavy atom. The van der Waals surface area contributed by atoms with Crippen LogP contribution in [0, 0.1) is 11.6 Å². The van der Waals surface area contributed by atoms with E-state index in [0.717, 1.165) is 17.7 Å². The molecule has 4 rings (SSSR count). The third-order valence-electron chi connectivity index (χ3n) is 7.38. The van der Waals surface area contributed by atoms with Crippen LogP contribution in [0.15, 0.2) is 55.1 Å². The molecule has 236 valence electrons. The number of carbonyl (C=O) groups is 4. The van der Waals surface area contributed by atoms with Crippen LogP contribution in [0.3, 0.4) is 0 Å². The van der Waals surface area contributed by atoms with Crippen molar-refractivity contribution in [3.8, 4) is 5.75 Å². The molecule has 44 heavy (non-hydrogen) atoms. The van der Waals surface area contributed by atoms with Crippen molar-refractivity contribution in [3.63, 3.8) is 0 Å². The first-order valence-electron chi connectivity index (χ1n) is 14.1. The number of hydrazine groups is 1. The molecule has 0 saturated carbocycles. The molecule has 2 heterocycles. The van der Waals surface area contributed by atoms with E-state index in [1.165, 1.54) is 32.0 Å². The smallest absolute Gasteiger partial charge is 0.407 e. The first-order valence-corrected chi connectivity index (χ1v) is 14.1. The van der Waals surface area contributed by atoms with E-state index in [1.54, 1.807) is 26.3 Å². The van der Waals surface area contributed by atoms with Crippen LogP contribution in [0.2, 0.25) is 0 Å². The molecule has 14 heteroatoms. The summed E-state index contributed by atoms with van der Waals surface area (Å²) >= 11 is 0. The minimum atomic E-state index is -0.999. The predicted octanol–water partition coefficient (Wildman–Crippen LogP) is 2.60. The van der Waals surface area contributed by atoms with Crippen molar-refractivity contribution < 1.29 is 37.4 Å². The molecule has 2 unspecified atom stereocenters. The SMILES string of the molecule is C=CCOC(=O)NCCCC1C(=O)N(Cc2ccc(F)cc2F)CC2N1C(=O)CN(C)N2C(=O)NCc1ccc(OC)cc1. The van der Waals surface area contributed by atoms with Gasteiger partial charge >= 0.3 is 12.1 Å². The minimum Gasteiger partial charge on any atom is -0.497 e. The van der Waals surface area contributed by atoms with Crippen LogP contribution in [0.5, 0.6) is 5.75 Å². The highest BCUT2D eigenvalue weighted by molar-refractivity contribution is 5.91. The quantitative estimate of drug-likeness (QED) is 0.295. The van der Waals surface area contributed by atoms with Crippen molar-refractivity contribution in [2.75, 3.05) is 40.4 Å². The lowest BCUT2D eigenvalue weighted by molar-refractivity contribution is -0.188. The molecular formula is C30H36F2N6O6. The Kier molecular flexibility index (Phi) is 10.7. The zero-order chi connectivity index (χ0) is 31.8. The molecule has 2 aromatic rings. The third-order valence-corrected chi connectivity index (χ3v) is 7.38. The molecule has 12 nitrogen and oxygen atoms in total. The van der Waals surface area contributed by atoms with Crippen molar-refractivity contribution in [2.24, 2.45) is 0 Å². The van der Waals surface area contributed by atoms with E-state index in [0.29, 0.717) is 12.2 Å². The number of hydrogen-bond acceptors (Lipinski definition) is 7. The molecule has 2 aliphatic heterocycles. The molecule has 0 bridgehead atoms. The Hall–Kier alpha value is -4.72. The molecule has 2 fully saturated rings. The fourth-order valence-corrected chi connectivity index (χ4v) is 5.25. The Morgan fingerprint density at radius 2 is 1.86 bits per heavy atom. The number of nitrogens with one attached hydrogen (secondary N) is 2. The fourth-order valence-electron chi connectivity index (χ4n) is 5.25. The normalized spacial score (nSPS) is 18.5. The van der Waals surface area contributed by atoms with E-state index < -0.39 is 41.9 Å². The molecule has 0 aromatic heterocycles. The van der Waals surface area contributed by atoms with Crippen molar-refractivity contribution in [3.05, 3.63) is 77.9 Å². The van der Waals surface area contributed by atoms with Gasteiger partial charge in [-0.15, -0.1) is 0 Å². The van der Waals surface area contributed by atoms with Crippen LogP contribution in [0.25, 0.3) is 0 Å². The van der Waals surface area contributed by atoms with Gasteiger partial charge in [-0.25, -0.2) is 28.4 Å². The van der Waals surface area contributed by atoms with Crippen molar-refractivity contribution in [1.82, 2.24) is 30.5 Å². The summed E-state index contributed by atoms with van der Waals surface area (Å²) in [5.74, 6) is -1.70.